The Bertz CT molecular complexity index is 871. The van der Waals surface area contributed by atoms with E-state index in [1.54, 1.807) is 24.3 Å². The van der Waals surface area contributed by atoms with Crippen LogP contribution < -0.4 is 5.32 Å². The van der Waals surface area contributed by atoms with Crippen molar-refractivity contribution in [3.63, 3.8) is 0 Å². The second kappa shape index (κ2) is 9.22. The lowest BCUT2D eigenvalue weighted by Gasteiger charge is -2.32. The van der Waals surface area contributed by atoms with Crippen LogP contribution in [0.25, 0.3) is 6.08 Å². The molecule has 1 heterocycles. The number of benzene rings is 2. The minimum atomic E-state index is -4.34. The molecule has 0 radical (unpaired) electrons. The Hall–Kier alpha value is -2.67. The normalized spacial score (nSPS) is 16.3. The summed E-state index contributed by atoms with van der Waals surface area (Å²) in [5.74, 6) is -0.605. The average molecular weight is 406 g/mol. The minimum absolute atomic E-state index is 0.0115. The van der Waals surface area contributed by atoms with Crippen molar-refractivity contribution in [2.75, 3.05) is 13.1 Å². The van der Waals surface area contributed by atoms with E-state index in [9.17, 15) is 22.4 Å². The topological polar surface area (TPSA) is 32.3 Å². The number of carbonyl (C=O) groups excluding carboxylic acids is 1. The predicted molar refractivity (Wildman–Crippen MR) is 103 cm³/mol. The minimum Gasteiger partial charge on any atom is -0.350 e. The van der Waals surface area contributed by atoms with E-state index in [-0.39, 0.29) is 17.8 Å². The predicted octanol–water partition coefficient (Wildman–Crippen LogP) is 4.64. The molecule has 2 aromatic rings. The molecule has 7 heteroatoms. The van der Waals surface area contributed by atoms with Crippen molar-refractivity contribution in [2.45, 2.75) is 31.6 Å². The van der Waals surface area contributed by atoms with Gasteiger partial charge in [0.25, 0.3) is 0 Å². The molecular weight excluding hydrogens is 384 g/mol. The Balaban J connectivity index is 1.46. The lowest BCUT2D eigenvalue weighted by atomic mass is 10.0. The molecule has 3 nitrogen and oxygen atoms in total. The zero-order valence-electron chi connectivity index (χ0n) is 15.8. The quantitative estimate of drug-likeness (QED) is 0.580. The molecule has 1 N–H and O–H groups in total. The highest BCUT2D eigenvalue weighted by Crippen LogP contribution is 2.30. The standard InChI is InChI=1S/C22H22F4N2O/c23-19-6-2-3-16(14-19)7-8-21(29)27-20-9-11-28(12-10-20)15-17-4-1-5-18(13-17)22(24,25)26/h1-8,13-14,20H,9-12,15H2,(H,27,29). The molecule has 0 atom stereocenters. The van der Waals surface area contributed by atoms with Crippen molar-refractivity contribution in [2.24, 2.45) is 0 Å². The molecule has 0 aromatic heterocycles. The van der Waals surface area contributed by atoms with Crippen LogP contribution in [0, 0.1) is 5.82 Å². The number of rotatable bonds is 5. The molecule has 0 unspecified atom stereocenters. The van der Waals surface area contributed by atoms with Gasteiger partial charge in [-0.25, -0.2) is 4.39 Å². The van der Waals surface area contributed by atoms with Crippen LogP contribution >= 0.6 is 0 Å². The Morgan fingerprint density at radius 2 is 1.83 bits per heavy atom. The summed E-state index contributed by atoms with van der Waals surface area (Å²) in [6, 6.07) is 11.4. The van der Waals surface area contributed by atoms with E-state index in [1.807, 2.05) is 0 Å². The summed E-state index contributed by atoms with van der Waals surface area (Å²) in [4.78, 5) is 14.1. The zero-order valence-corrected chi connectivity index (χ0v) is 15.8. The number of alkyl halides is 3. The van der Waals surface area contributed by atoms with Crippen LogP contribution in [0.1, 0.15) is 29.5 Å². The fourth-order valence-corrected chi connectivity index (χ4v) is 3.37. The summed E-state index contributed by atoms with van der Waals surface area (Å²) in [5, 5.41) is 2.92. The molecular formula is C22H22F4N2O. The van der Waals surface area contributed by atoms with Gasteiger partial charge in [0.15, 0.2) is 0 Å². The van der Waals surface area contributed by atoms with Gasteiger partial charge in [-0.05, 0) is 48.2 Å². The van der Waals surface area contributed by atoms with Crippen molar-refractivity contribution in [3.05, 3.63) is 77.1 Å². The van der Waals surface area contributed by atoms with Crippen LogP contribution in [0.3, 0.4) is 0 Å². The third-order valence-corrected chi connectivity index (χ3v) is 4.87. The van der Waals surface area contributed by atoms with E-state index >= 15 is 0 Å². The molecule has 1 amide bonds. The lowest BCUT2D eigenvalue weighted by molar-refractivity contribution is -0.137. The van der Waals surface area contributed by atoms with E-state index in [2.05, 4.69) is 10.2 Å². The third-order valence-electron chi connectivity index (χ3n) is 4.87. The van der Waals surface area contributed by atoms with Gasteiger partial charge in [0.1, 0.15) is 5.82 Å². The van der Waals surface area contributed by atoms with Crippen LogP contribution in [0.4, 0.5) is 17.6 Å². The van der Waals surface area contributed by atoms with Gasteiger partial charge in [0.2, 0.25) is 5.91 Å². The Morgan fingerprint density at radius 1 is 1.10 bits per heavy atom. The SMILES string of the molecule is O=C(C=Cc1cccc(F)c1)NC1CCN(Cc2cccc(C(F)(F)F)c2)CC1. The van der Waals surface area contributed by atoms with Crippen molar-refractivity contribution < 1.29 is 22.4 Å². The maximum Gasteiger partial charge on any atom is 0.416 e. The summed E-state index contributed by atoms with van der Waals surface area (Å²) in [7, 11) is 0. The number of hydrogen-bond acceptors (Lipinski definition) is 2. The van der Waals surface area contributed by atoms with E-state index in [0.717, 1.165) is 18.9 Å². The van der Waals surface area contributed by atoms with Gasteiger partial charge in [0, 0.05) is 31.8 Å². The van der Waals surface area contributed by atoms with Crippen LogP contribution in [-0.4, -0.2) is 29.9 Å². The number of nitrogens with zero attached hydrogens (tertiary/aromatic N) is 1. The molecule has 29 heavy (non-hydrogen) atoms. The fraction of sp³-hybridized carbons (Fsp3) is 0.318. The molecule has 0 aliphatic carbocycles. The van der Waals surface area contributed by atoms with E-state index < -0.39 is 11.7 Å². The fourth-order valence-electron chi connectivity index (χ4n) is 3.37. The number of piperidine rings is 1. The molecule has 1 aliphatic rings. The monoisotopic (exact) mass is 406 g/mol. The van der Waals surface area contributed by atoms with Gasteiger partial charge in [-0.1, -0.05) is 30.3 Å². The van der Waals surface area contributed by atoms with Crippen LogP contribution in [0.2, 0.25) is 0 Å². The molecule has 1 fully saturated rings. The second-order valence-electron chi connectivity index (χ2n) is 7.15. The molecule has 3 rings (SSSR count). The highest BCUT2D eigenvalue weighted by molar-refractivity contribution is 5.91. The number of hydrogen-bond donors (Lipinski definition) is 1. The van der Waals surface area contributed by atoms with Crippen LogP contribution in [0.15, 0.2) is 54.6 Å². The molecule has 1 saturated heterocycles. The second-order valence-corrected chi connectivity index (χ2v) is 7.15. The highest BCUT2D eigenvalue weighted by atomic mass is 19.4. The molecule has 0 bridgehead atoms. The van der Waals surface area contributed by atoms with Crippen molar-refractivity contribution in [3.8, 4) is 0 Å². The van der Waals surface area contributed by atoms with Gasteiger partial charge >= 0.3 is 6.18 Å². The number of amides is 1. The average Bonchev–Trinajstić information content (AvgIpc) is 2.68. The van der Waals surface area contributed by atoms with Gasteiger partial charge in [-0.2, -0.15) is 13.2 Å². The van der Waals surface area contributed by atoms with Gasteiger partial charge in [-0.15, -0.1) is 0 Å². The highest BCUT2D eigenvalue weighted by Gasteiger charge is 2.30. The first-order chi connectivity index (χ1) is 13.8. The molecule has 0 spiro atoms. The number of halogens is 4. The number of nitrogens with one attached hydrogen (secondary N) is 1. The molecule has 154 valence electrons. The third kappa shape index (κ3) is 6.42. The van der Waals surface area contributed by atoms with Crippen molar-refractivity contribution in [1.82, 2.24) is 10.2 Å². The lowest BCUT2D eigenvalue weighted by Crippen LogP contribution is -2.43. The Kier molecular flexibility index (Phi) is 6.69. The molecule has 1 aliphatic heterocycles. The maximum absolute atomic E-state index is 13.1. The summed E-state index contributed by atoms with van der Waals surface area (Å²) < 4.78 is 51.6. The van der Waals surface area contributed by atoms with Crippen LogP contribution in [0.5, 0.6) is 0 Å². The smallest absolute Gasteiger partial charge is 0.350 e. The van der Waals surface area contributed by atoms with Crippen LogP contribution in [-0.2, 0) is 17.5 Å². The largest absolute Gasteiger partial charge is 0.416 e. The van der Waals surface area contributed by atoms with Crippen molar-refractivity contribution in [1.29, 1.82) is 0 Å². The Labute approximate surface area is 167 Å². The van der Waals surface area contributed by atoms with E-state index in [1.165, 1.54) is 30.3 Å². The first-order valence-electron chi connectivity index (χ1n) is 9.42. The number of carbonyl (C=O) groups is 1. The van der Waals surface area contributed by atoms with Gasteiger partial charge in [-0.3, -0.25) is 9.69 Å². The molecule has 2 aromatic carbocycles. The van der Waals surface area contributed by atoms with Gasteiger partial charge in [0.05, 0.1) is 5.56 Å². The van der Waals surface area contributed by atoms with E-state index in [0.29, 0.717) is 30.8 Å². The first-order valence-corrected chi connectivity index (χ1v) is 9.42. The van der Waals surface area contributed by atoms with Gasteiger partial charge < -0.3 is 5.32 Å². The Morgan fingerprint density at radius 3 is 2.52 bits per heavy atom. The summed E-state index contributed by atoms with van der Waals surface area (Å²) >= 11 is 0. The maximum atomic E-state index is 13.1. The van der Waals surface area contributed by atoms with Crippen molar-refractivity contribution >= 4 is 12.0 Å². The summed E-state index contributed by atoms with van der Waals surface area (Å²) in [5.41, 5.74) is 0.596. The number of likely N-dealkylation sites (tertiary alicyclic amines) is 1. The van der Waals surface area contributed by atoms with E-state index in [4.69, 9.17) is 0 Å². The summed E-state index contributed by atoms with van der Waals surface area (Å²) in [6.45, 7) is 1.83. The zero-order chi connectivity index (χ0) is 20.9. The molecule has 0 saturated carbocycles. The first kappa shape index (κ1) is 21.0. The summed E-state index contributed by atoms with van der Waals surface area (Å²) in [6.07, 6.45) is 0.0360.